The quantitative estimate of drug-likeness (QED) is 0.498. The number of benzene rings is 2. The van der Waals surface area contributed by atoms with Gasteiger partial charge in [-0.05, 0) is 41.5 Å². The largest absolute Gasteiger partial charge is 0.254 e. The van der Waals surface area contributed by atoms with Crippen LogP contribution >= 0.6 is 0 Å². The maximum absolute atomic E-state index is 4.79. The number of pyridine rings is 2. The molecule has 0 unspecified atom stereocenters. The minimum Gasteiger partial charge on any atom is -0.254 e. The van der Waals surface area contributed by atoms with E-state index in [0.29, 0.717) is 0 Å². The maximum atomic E-state index is 4.79. The van der Waals surface area contributed by atoms with Crippen LogP contribution in [0.25, 0.3) is 33.1 Å². The van der Waals surface area contributed by atoms with E-state index in [4.69, 9.17) is 4.98 Å². The summed E-state index contributed by atoms with van der Waals surface area (Å²) in [5.74, 6) is 0. The molecule has 100 valence electrons. The molecule has 21 heavy (non-hydrogen) atoms. The van der Waals surface area contributed by atoms with Crippen molar-refractivity contribution in [3.05, 3.63) is 72.4 Å². The van der Waals surface area contributed by atoms with Crippen LogP contribution in [-0.2, 0) is 0 Å². The van der Waals surface area contributed by atoms with Gasteiger partial charge in [0.25, 0.3) is 0 Å². The summed E-state index contributed by atoms with van der Waals surface area (Å²) in [7, 11) is 0. The summed E-state index contributed by atoms with van der Waals surface area (Å²) in [5.41, 5.74) is 5.25. The Kier molecular flexibility index (Phi) is 2.68. The third-order valence-electron chi connectivity index (χ3n) is 3.82. The summed E-state index contributed by atoms with van der Waals surface area (Å²) >= 11 is 0. The van der Waals surface area contributed by atoms with Crippen LogP contribution in [0.3, 0.4) is 0 Å². The Bertz CT molecular complexity index is 952. The zero-order valence-electron chi connectivity index (χ0n) is 11.7. The summed E-state index contributed by atoms with van der Waals surface area (Å²) < 4.78 is 0. The Hall–Kier alpha value is -2.74. The van der Waals surface area contributed by atoms with Crippen molar-refractivity contribution in [1.29, 1.82) is 0 Å². The second-order valence-corrected chi connectivity index (χ2v) is 5.22. The highest BCUT2D eigenvalue weighted by Gasteiger charge is 2.08. The second kappa shape index (κ2) is 4.67. The molecule has 4 rings (SSSR count). The molecule has 0 amide bonds. The van der Waals surface area contributed by atoms with Gasteiger partial charge >= 0.3 is 0 Å². The summed E-state index contributed by atoms with van der Waals surface area (Å²) in [6.07, 6.45) is 1.81. The lowest BCUT2D eigenvalue weighted by atomic mass is 10.0. The zero-order valence-corrected chi connectivity index (χ0v) is 11.7. The normalized spacial score (nSPS) is 11.1. The average molecular weight is 270 g/mol. The smallest absolute Gasteiger partial charge is 0.0916 e. The van der Waals surface area contributed by atoms with E-state index in [1.807, 2.05) is 18.3 Å². The van der Waals surface area contributed by atoms with Crippen LogP contribution in [0, 0.1) is 6.92 Å². The Morgan fingerprint density at radius 2 is 1.71 bits per heavy atom. The molecule has 4 aromatic rings. The Labute approximate surface area is 123 Å². The van der Waals surface area contributed by atoms with Gasteiger partial charge in [0, 0.05) is 11.8 Å². The van der Waals surface area contributed by atoms with E-state index >= 15 is 0 Å². The van der Waals surface area contributed by atoms with Crippen LogP contribution in [0.4, 0.5) is 0 Å². The molecule has 0 fully saturated rings. The third kappa shape index (κ3) is 1.96. The molecule has 0 spiro atoms. The lowest BCUT2D eigenvalue weighted by molar-refractivity contribution is 1.30. The van der Waals surface area contributed by atoms with Gasteiger partial charge in [0.1, 0.15) is 0 Å². The molecule has 0 atom stereocenters. The van der Waals surface area contributed by atoms with Gasteiger partial charge in [-0.15, -0.1) is 0 Å². The first-order chi connectivity index (χ1) is 10.3. The van der Waals surface area contributed by atoms with E-state index in [1.165, 1.54) is 16.3 Å². The van der Waals surface area contributed by atoms with Crippen LogP contribution in [0.2, 0.25) is 0 Å². The minimum atomic E-state index is 0.945. The molecular weight excluding hydrogens is 256 g/mol. The Balaban J connectivity index is 2.05. The predicted molar refractivity (Wildman–Crippen MR) is 87.2 cm³/mol. The molecule has 2 nitrogen and oxygen atoms in total. The molecule has 0 aliphatic carbocycles. The van der Waals surface area contributed by atoms with Crippen molar-refractivity contribution in [2.75, 3.05) is 0 Å². The van der Waals surface area contributed by atoms with Crippen LogP contribution in [0.5, 0.6) is 0 Å². The minimum absolute atomic E-state index is 0.945. The number of hydrogen-bond acceptors (Lipinski definition) is 2. The van der Waals surface area contributed by atoms with Crippen molar-refractivity contribution in [3.63, 3.8) is 0 Å². The summed E-state index contributed by atoms with van der Waals surface area (Å²) in [6.45, 7) is 2.09. The van der Waals surface area contributed by atoms with Crippen LogP contribution in [0.1, 0.15) is 5.56 Å². The fourth-order valence-corrected chi connectivity index (χ4v) is 2.81. The molecule has 0 saturated heterocycles. The first-order valence-electron chi connectivity index (χ1n) is 7.03. The van der Waals surface area contributed by atoms with Gasteiger partial charge in [-0.25, -0.2) is 4.98 Å². The predicted octanol–water partition coefficient (Wildman–Crippen LogP) is 4.76. The van der Waals surface area contributed by atoms with Gasteiger partial charge < -0.3 is 0 Å². The number of nitrogens with zero attached hydrogens (tertiary/aromatic N) is 2. The molecule has 0 saturated carbocycles. The van der Waals surface area contributed by atoms with E-state index in [1.54, 1.807) is 0 Å². The highest BCUT2D eigenvalue weighted by atomic mass is 14.8. The Morgan fingerprint density at radius 1 is 0.857 bits per heavy atom. The molecule has 2 aromatic heterocycles. The van der Waals surface area contributed by atoms with Crippen LogP contribution < -0.4 is 0 Å². The first kappa shape index (κ1) is 12.0. The summed E-state index contributed by atoms with van der Waals surface area (Å²) in [6, 6.07) is 20.8. The maximum Gasteiger partial charge on any atom is 0.0916 e. The summed E-state index contributed by atoms with van der Waals surface area (Å²) in [5, 5.41) is 2.47. The van der Waals surface area contributed by atoms with Crippen molar-refractivity contribution < 1.29 is 0 Å². The number of aromatic nitrogens is 2. The monoisotopic (exact) mass is 270 g/mol. The number of rotatable bonds is 1. The zero-order chi connectivity index (χ0) is 14.2. The van der Waals surface area contributed by atoms with E-state index in [2.05, 4.69) is 60.4 Å². The van der Waals surface area contributed by atoms with Gasteiger partial charge in [-0.2, -0.15) is 0 Å². The molecule has 0 bridgehead atoms. The second-order valence-electron chi connectivity index (χ2n) is 5.22. The molecule has 0 aliphatic rings. The topological polar surface area (TPSA) is 25.8 Å². The molecule has 2 heterocycles. The lowest BCUT2D eigenvalue weighted by Gasteiger charge is -2.09. The molecule has 0 N–H and O–H groups in total. The third-order valence-corrected chi connectivity index (χ3v) is 3.82. The highest BCUT2D eigenvalue weighted by Crippen LogP contribution is 2.29. The summed E-state index contributed by atoms with van der Waals surface area (Å²) in [4.78, 5) is 9.21. The number of fused-ring (bicyclic) bond motifs is 2. The SMILES string of the molecule is Cc1cc(-c2cccc3ccccc23)nc2cccnc12. The average Bonchev–Trinajstić information content (AvgIpc) is 2.54. The number of hydrogen-bond donors (Lipinski definition) is 0. The van der Waals surface area contributed by atoms with Crippen LogP contribution in [-0.4, -0.2) is 9.97 Å². The molecule has 0 aliphatic heterocycles. The van der Waals surface area contributed by atoms with Gasteiger partial charge in [-0.1, -0.05) is 42.5 Å². The standard InChI is InChI=1S/C19H14N2/c1-13-12-18(21-17-10-5-11-20-19(13)17)16-9-4-7-14-6-2-3-8-15(14)16/h2-12H,1H3. The first-order valence-corrected chi connectivity index (χ1v) is 7.03. The van der Waals surface area contributed by atoms with Crippen LogP contribution in [0.15, 0.2) is 66.9 Å². The van der Waals surface area contributed by atoms with Crippen molar-refractivity contribution in [2.24, 2.45) is 0 Å². The molecule has 0 radical (unpaired) electrons. The van der Waals surface area contributed by atoms with E-state index in [0.717, 1.165) is 22.3 Å². The van der Waals surface area contributed by atoms with Crippen molar-refractivity contribution in [3.8, 4) is 11.3 Å². The highest BCUT2D eigenvalue weighted by molar-refractivity contribution is 5.97. The van der Waals surface area contributed by atoms with Gasteiger partial charge in [0.05, 0.1) is 16.7 Å². The van der Waals surface area contributed by atoms with E-state index in [-0.39, 0.29) is 0 Å². The number of aryl methyl sites for hydroxylation is 1. The van der Waals surface area contributed by atoms with Gasteiger partial charge in [-0.3, -0.25) is 4.98 Å². The molecule has 2 aromatic carbocycles. The van der Waals surface area contributed by atoms with Gasteiger partial charge in [0.15, 0.2) is 0 Å². The fourth-order valence-electron chi connectivity index (χ4n) is 2.81. The molecule has 2 heteroatoms. The van der Waals surface area contributed by atoms with Gasteiger partial charge in [0.2, 0.25) is 0 Å². The lowest BCUT2D eigenvalue weighted by Crippen LogP contribution is -1.91. The molecular formula is C19H14N2. The Morgan fingerprint density at radius 3 is 2.67 bits per heavy atom. The van der Waals surface area contributed by atoms with E-state index in [9.17, 15) is 0 Å². The fraction of sp³-hybridized carbons (Fsp3) is 0.0526. The van der Waals surface area contributed by atoms with Crippen molar-refractivity contribution in [1.82, 2.24) is 9.97 Å². The van der Waals surface area contributed by atoms with E-state index < -0.39 is 0 Å². The van der Waals surface area contributed by atoms with Crippen molar-refractivity contribution >= 4 is 21.8 Å². The van der Waals surface area contributed by atoms with Crippen molar-refractivity contribution in [2.45, 2.75) is 6.92 Å².